The quantitative estimate of drug-likeness (QED) is 0.767. The molecule has 2 aliphatic carbocycles. The zero-order valence-corrected chi connectivity index (χ0v) is 18.3. The summed E-state index contributed by atoms with van der Waals surface area (Å²) < 4.78 is 0. The van der Waals surface area contributed by atoms with Crippen LogP contribution in [0.4, 0.5) is 0 Å². The summed E-state index contributed by atoms with van der Waals surface area (Å²) in [6, 6.07) is 0.286. The summed E-state index contributed by atoms with van der Waals surface area (Å²) in [5, 5.41) is 4.03. The molecule has 2 aromatic rings. The van der Waals surface area contributed by atoms with Crippen molar-refractivity contribution in [3.05, 3.63) is 26.6 Å². The van der Waals surface area contributed by atoms with E-state index in [1.165, 1.54) is 47.9 Å². The SMILES string of the molecule is CC1CCCC(C)C1NC(=O)CSCc1nc2sc3c(c2c(=O)[nH]1)CCCC3. The van der Waals surface area contributed by atoms with Gasteiger partial charge in [0, 0.05) is 10.9 Å². The average Bonchev–Trinajstić information content (AvgIpc) is 3.03. The number of thiophene rings is 1. The number of thioether (sulfide) groups is 1. The molecule has 2 unspecified atom stereocenters. The van der Waals surface area contributed by atoms with Gasteiger partial charge in [0.15, 0.2) is 0 Å². The van der Waals surface area contributed by atoms with Crippen molar-refractivity contribution in [3.8, 4) is 0 Å². The van der Waals surface area contributed by atoms with Gasteiger partial charge in [-0.2, -0.15) is 0 Å². The standard InChI is InChI=1S/C21H29N3O2S2/c1-12-6-5-7-13(2)19(12)24-17(25)11-27-10-16-22-20(26)18-14-8-3-4-9-15(14)28-21(18)23-16/h12-13,19H,3-11H2,1-2H3,(H,24,25)(H,22,23,26). The third-order valence-electron chi connectivity index (χ3n) is 6.22. The van der Waals surface area contributed by atoms with Gasteiger partial charge in [-0.15, -0.1) is 23.1 Å². The Hall–Kier alpha value is -1.34. The molecular formula is C21H29N3O2S2. The highest BCUT2D eigenvalue weighted by Crippen LogP contribution is 2.33. The maximum atomic E-state index is 12.6. The summed E-state index contributed by atoms with van der Waals surface area (Å²) in [6.45, 7) is 4.47. The molecule has 0 aliphatic heterocycles. The number of rotatable bonds is 5. The maximum Gasteiger partial charge on any atom is 0.259 e. The van der Waals surface area contributed by atoms with E-state index in [-0.39, 0.29) is 17.5 Å². The van der Waals surface area contributed by atoms with Crippen molar-refractivity contribution >= 4 is 39.2 Å². The number of aromatic nitrogens is 2. The van der Waals surface area contributed by atoms with Gasteiger partial charge in [0.2, 0.25) is 5.91 Å². The van der Waals surface area contributed by atoms with Gasteiger partial charge >= 0.3 is 0 Å². The van der Waals surface area contributed by atoms with E-state index < -0.39 is 0 Å². The number of fused-ring (bicyclic) bond motifs is 3. The van der Waals surface area contributed by atoms with Crippen LogP contribution in [0.15, 0.2) is 4.79 Å². The van der Waals surface area contributed by atoms with Gasteiger partial charge in [-0.05, 0) is 55.9 Å². The van der Waals surface area contributed by atoms with Crippen LogP contribution in [0.5, 0.6) is 0 Å². The first-order valence-corrected chi connectivity index (χ1v) is 12.4. The van der Waals surface area contributed by atoms with Crippen molar-refractivity contribution in [3.63, 3.8) is 0 Å². The first-order chi connectivity index (χ1) is 13.5. The number of nitrogens with zero attached hydrogens (tertiary/aromatic N) is 1. The Morgan fingerprint density at radius 3 is 2.75 bits per heavy atom. The predicted molar refractivity (Wildman–Crippen MR) is 117 cm³/mol. The Balaban J connectivity index is 1.36. The molecule has 4 rings (SSSR count). The minimum Gasteiger partial charge on any atom is -0.352 e. The largest absolute Gasteiger partial charge is 0.352 e. The monoisotopic (exact) mass is 419 g/mol. The molecule has 2 atom stereocenters. The van der Waals surface area contributed by atoms with Gasteiger partial charge in [0.05, 0.1) is 16.9 Å². The van der Waals surface area contributed by atoms with E-state index in [0.29, 0.717) is 29.2 Å². The Labute approximate surface area is 174 Å². The first-order valence-electron chi connectivity index (χ1n) is 10.4. The second kappa shape index (κ2) is 8.57. The second-order valence-corrected chi connectivity index (χ2v) is 10.4. The summed E-state index contributed by atoms with van der Waals surface area (Å²) in [7, 11) is 0. The van der Waals surface area contributed by atoms with Crippen molar-refractivity contribution in [2.75, 3.05) is 5.75 Å². The highest BCUT2D eigenvalue weighted by atomic mass is 32.2. The molecule has 2 aliphatic rings. The molecule has 2 aromatic heterocycles. The van der Waals surface area contributed by atoms with E-state index in [9.17, 15) is 9.59 Å². The van der Waals surface area contributed by atoms with Crippen LogP contribution in [-0.4, -0.2) is 27.7 Å². The molecule has 7 heteroatoms. The van der Waals surface area contributed by atoms with E-state index >= 15 is 0 Å². The summed E-state index contributed by atoms with van der Waals surface area (Å²) in [6.07, 6.45) is 8.06. The third kappa shape index (κ3) is 4.15. The molecule has 0 saturated heterocycles. The molecule has 152 valence electrons. The van der Waals surface area contributed by atoms with Gasteiger partial charge in [0.1, 0.15) is 10.7 Å². The lowest BCUT2D eigenvalue weighted by Gasteiger charge is -2.35. The number of H-pyrrole nitrogens is 1. The smallest absolute Gasteiger partial charge is 0.259 e. The first kappa shape index (κ1) is 20.0. The zero-order valence-electron chi connectivity index (χ0n) is 16.7. The van der Waals surface area contributed by atoms with E-state index in [1.807, 2.05) is 0 Å². The average molecular weight is 420 g/mol. The van der Waals surface area contributed by atoms with Crippen LogP contribution in [0.25, 0.3) is 10.2 Å². The fourth-order valence-corrected chi connectivity index (χ4v) is 6.69. The van der Waals surface area contributed by atoms with Crippen molar-refractivity contribution in [2.24, 2.45) is 11.8 Å². The number of nitrogens with one attached hydrogen (secondary N) is 2. The number of amides is 1. The number of hydrogen-bond acceptors (Lipinski definition) is 5. The Morgan fingerprint density at radius 1 is 1.21 bits per heavy atom. The van der Waals surface area contributed by atoms with Crippen molar-refractivity contribution < 1.29 is 4.79 Å². The summed E-state index contributed by atoms with van der Waals surface area (Å²) in [5.74, 6) is 2.81. The molecule has 2 N–H and O–H groups in total. The summed E-state index contributed by atoms with van der Waals surface area (Å²) in [4.78, 5) is 34.8. The van der Waals surface area contributed by atoms with Crippen LogP contribution in [0.1, 0.15) is 62.2 Å². The molecule has 2 heterocycles. The number of hydrogen-bond donors (Lipinski definition) is 2. The third-order valence-corrected chi connectivity index (χ3v) is 8.35. The fourth-order valence-electron chi connectivity index (χ4n) is 4.71. The normalized spacial score (nSPS) is 24.9. The van der Waals surface area contributed by atoms with E-state index in [4.69, 9.17) is 0 Å². The van der Waals surface area contributed by atoms with Crippen molar-refractivity contribution in [1.82, 2.24) is 15.3 Å². The highest BCUT2D eigenvalue weighted by molar-refractivity contribution is 7.99. The molecule has 0 aromatic carbocycles. The lowest BCUT2D eigenvalue weighted by Crippen LogP contribution is -2.46. The topological polar surface area (TPSA) is 74.8 Å². The minimum atomic E-state index is -0.0192. The molecule has 0 bridgehead atoms. The summed E-state index contributed by atoms with van der Waals surface area (Å²) >= 11 is 3.19. The van der Waals surface area contributed by atoms with Crippen molar-refractivity contribution in [1.29, 1.82) is 0 Å². The van der Waals surface area contributed by atoms with Crippen molar-refractivity contribution in [2.45, 2.75) is 70.6 Å². The fraction of sp³-hybridized carbons (Fsp3) is 0.667. The molecule has 5 nitrogen and oxygen atoms in total. The van der Waals surface area contributed by atoms with E-state index in [1.54, 1.807) is 11.3 Å². The molecule has 0 radical (unpaired) electrons. The number of aromatic amines is 1. The lowest BCUT2D eigenvalue weighted by atomic mass is 9.79. The minimum absolute atomic E-state index is 0.0192. The highest BCUT2D eigenvalue weighted by Gasteiger charge is 2.28. The number of aryl methyl sites for hydroxylation is 2. The molecule has 1 saturated carbocycles. The van der Waals surface area contributed by atoms with Crippen LogP contribution in [0, 0.1) is 11.8 Å². The van der Waals surface area contributed by atoms with Crippen LogP contribution < -0.4 is 10.9 Å². The molecule has 1 fully saturated rings. The van der Waals surface area contributed by atoms with E-state index in [0.717, 1.165) is 29.5 Å². The molecule has 1 amide bonds. The van der Waals surface area contributed by atoms with E-state index in [2.05, 4.69) is 29.1 Å². The lowest BCUT2D eigenvalue weighted by molar-refractivity contribution is -0.120. The Bertz CT molecular complexity index is 910. The number of carbonyl (C=O) groups excluding carboxylic acids is 1. The maximum absolute atomic E-state index is 12.6. The van der Waals surface area contributed by atoms with Gasteiger partial charge in [-0.1, -0.05) is 20.3 Å². The van der Waals surface area contributed by atoms with Crippen LogP contribution in [0.3, 0.4) is 0 Å². The second-order valence-electron chi connectivity index (χ2n) is 8.38. The molecular weight excluding hydrogens is 390 g/mol. The predicted octanol–water partition coefficient (Wildman–Crippen LogP) is 4.04. The van der Waals surface area contributed by atoms with Gasteiger partial charge in [-0.25, -0.2) is 4.98 Å². The molecule has 28 heavy (non-hydrogen) atoms. The number of carbonyl (C=O) groups is 1. The molecule has 0 spiro atoms. The Morgan fingerprint density at radius 2 is 1.96 bits per heavy atom. The van der Waals surface area contributed by atoms with Crippen LogP contribution in [0.2, 0.25) is 0 Å². The van der Waals surface area contributed by atoms with Gasteiger partial charge in [-0.3, -0.25) is 9.59 Å². The summed E-state index contributed by atoms with van der Waals surface area (Å²) in [5.41, 5.74) is 1.20. The zero-order chi connectivity index (χ0) is 19.7. The van der Waals surface area contributed by atoms with Crippen LogP contribution >= 0.6 is 23.1 Å². The van der Waals surface area contributed by atoms with Gasteiger partial charge < -0.3 is 10.3 Å². The van der Waals surface area contributed by atoms with Gasteiger partial charge in [0.25, 0.3) is 5.56 Å². The Kier molecular flexibility index (Phi) is 6.11. The van der Waals surface area contributed by atoms with Crippen LogP contribution in [-0.2, 0) is 23.4 Å².